The van der Waals surface area contributed by atoms with Crippen molar-refractivity contribution >= 4 is 28.4 Å². The largest absolute Gasteiger partial charge is 0.507 e. The molecule has 0 fully saturated rings. The number of nitrogens with one attached hydrogen (secondary N) is 1. The van der Waals surface area contributed by atoms with Crippen LogP contribution in [0.25, 0.3) is 10.8 Å². The smallest absolute Gasteiger partial charge is 0.255 e. The molecule has 0 aliphatic carbocycles. The highest BCUT2D eigenvalue weighted by molar-refractivity contribution is 7.99. The van der Waals surface area contributed by atoms with Crippen LogP contribution in [0.4, 0.5) is 0 Å². The summed E-state index contributed by atoms with van der Waals surface area (Å²) in [5.74, 6) is -0.194. The lowest BCUT2D eigenvalue weighted by Gasteiger charge is -2.10. The van der Waals surface area contributed by atoms with Crippen LogP contribution in [0.1, 0.15) is 23.7 Å². The van der Waals surface area contributed by atoms with E-state index in [1.54, 1.807) is 23.9 Å². The Labute approximate surface area is 123 Å². The van der Waals surface area contributed by atoms with Gasteiger partial charge in [-0.15, -0.1) is 0 Å². The van der Waals surface area contributed by atoms with Gasteiger partial charge in [0.05, 0.1) is 5.56 Å². The first-order valence-corrected chi connectivity index (χ1v) is 7.93. The summed E-state index contributed by atoms with van der Waals surface area (Å²) in [6, 6.07) is 11.0. The van der Waals surface area contributed by atoms with E-state index in [1.807, 2.05) is 24.3 Å². The third-order valence-electron chi connectivity index (χ3n) is 3.35. The van der Waals surface area contributed by atoms with Gasteiger partial charge in [-0.3, -0.25) is 4.79 Å². The summed E-state index contributed by atoms with van der Waals surface area (Å²) < 4.78 is 0. The molecular formula is C16H19NO2S. The van der Waals surface area contributed by atoms with Crippen LogP contribution in [0.15, 0.2) is 36.4 Å². The molecule has 0 spiro atoms. The van der Waals surface area contributed by atoms with Gasteiger partial charge in [0, 0.05) is 11.8 Å². The molecule has 0 saturated carbocycles. The second-order valence-corrected chi connectivity index (χ2v) is 6.08. The summed E-state index contributed by atoms with van der Waals surface area (Å²) >= 11 is 1.78. The molecule has 2 aromatic rings. The first-order chi connectivity index (χ1) is 9.61. The first-order valence-electron chi connectivity index (χ1n) is 6.64. The third-order valence-corrected chi connectivity index (χ3v) is 4.39. The van der Waals surface area contributed by atoms with E-state index in [0.29, 0.717) is 17.4 Å². The number of hydrogen-bond donors (Lipinski definition) is 2. The molecule has 1 unspecified atom stereocenters. The van der Waals surface area contributed by atoms with Crippen LogP contribution >= 0.6 is 11.8 Å². The average molecular weight is 289 g/mol. The Bertz CT molecular complexity index is 612. The maximum Gasteiger partial charge on any atom is 0.255 e. The van der Waals surface area contributed by atoms with Crippen LogP contribution < -0.4 is 5.32 Å². The van der Waals surface area contributed by atoms with Gasteiger partial charge in [0.2, 0.25) is 0 Å². The summed E-state index contributed by atoms with van der Waals surface area (Å²) in [7, 11) is 0. The van der Waals surface area contributed by atoms with E-state index >= 15 is 0 Å². The van der Waals surface area contributed by atoms with E-state index < -0.39 is 0 Å². The van der Waals surface area contributed by atoms with Crippen molar-refractivity contribution in [2.24, 2.45) is 0 Å². The number of rotatable bonds is 5. The van der Waals surface area contributed by atoms with E-state index in [1.165, 1.54) is 0 Å². The fourth-order valence-electron chi connectivity index (χ4n) is 2.01. The quantitative estimate of drug-likeness (QED) is 0.886. The lowest BCUT2D eigenvalue weighted by atomic mass is 10.1. The van der Waals surface area contributed by atoms with E-state index in [-0.39, 0.29) is 11.7 Å². The molecule has 0 radical (unpaired) electrons. The van der Waals surface area contributed by atoms with Crippen LogP contribution in [0, 0.1) is 0 Å². The van der Waals surface area contributed by atoms with Gasteiger partial charge in [-0.1, -0.05) is 31.2 Å². The number of phenols is 1. The number of carbonyl (C=O) groups is 1. The van der Waals surface area contributed by atoms with E-state index in [9.17, 15) is 9.90 Å². The molecule has 20 heavy (non-hydrogen) atoms. The van der Waals surface area contributed by atoms with E-state index in [0.717, 1.165) is 17.2 Å². The van der Waals surface area contributed by atoms with Crippen molar-refractivity contribution in [2.45, 2.75) is 18.6 Å². The topological polar surface area (TPSA) is 49.3 Å². The van der Waals surface area contributed by atoms with Crippen LogP contribution in [0.2, 0.25) is 0 Å². The third kappa shape index (κ3) is 3.45. The van der Waals surface area contributed by atoms with Crippen molar-refractivity contribution in [3.05, 3.63) is 42.0 Å². The lowest BCUT2D eigenvalue weighted by Crippen LogP contribution is -2.26. The SMILES string of the molecule is CSC(C)CCNC(=O)c1cc2ccccc2cc1O. The monoisotopic (exact) mass is 289 g/mol. The van der Waals surface area contributed by atoms with Crippen molar-refractivity contribution in [2.75, 3.05) is 12.8 Å². The maximum atomic E-state index is 12.1. The summed E-state index contributed by atoms with van der Waals surface area (Å²) in [4.78, 5) is 12.1. The average Bonchev–Trinajstić information content (AvgIpc) is 2.46. The number of amides is 1. The highest BCUT2D eigenvalue weighted by Crippen LogP contribution is 2.24. The van der Waals surface area contributed by atoms with Gasteiger partial charge in [0.25, 0.3) is 5.91 Å². The molecule has 0 heterocycles. The molecule has 0 saturated heterocycles. The molecule has 0 aliphatic rings. The predicted molar refractivity (Wildman–Crippen MR) is 85.5 cm³/mol. The van der Waals surface area contributed by atoms with Gasteiger partial charge in [-0.25, -0.2) is 0 Å². The van der Waals surface area contributed by atoms with E-state index in [2.05, 4.69) is 18.5 Å². The Balaban J connectivity index is 2.11. The standard InChI is InChI=1S/C16H19NO2S/c1-11(20-2)7-8-17-16(19)14-9-12-5-3-4-6-13(12)10-15(14)18/h3-6,9-11,18H,7-8H2,1-2H3,(H,17,19). The van der Waals surface area contributed by atoms with Crippen LogP contribution in [-0.4, -0.2) is 29.1 Å². The van der Waals surface area contributed by atoms with Crippen molar-refractivity contribution in [1.29, 1.82) is 0 Å². The molecule has 1 atom stereocenters. The highest BCUT2D eigenvalue weighted by Gasteiger charge is 2.12. The summed E-state index contributed by atoms with van der Waals surface area (Å²) in [5.41, 5.74) is 0.334. The Morgan fingerprint density at radius 2 is 1.95 bits per heavy atom. The Morgan fingerprint density at radius 3 is 2.60 bits per heavy atom. The second kappa shape index (κ2) is 6.66. The van der Waals surface area contributed by atoms with Crippen LogP contribution in [0.5, 0.6) is 5.75 Å². The molecule has 2 rings (SSSR count). The van der Waals surface area contributed by atoms with Crippen molar-refractivity contribution in [1.82, 2.24) is 5.32 Å². The Morgan fingerprint density at radius 1 is 1.30 bits per heavy atom. The van der Waals surface area contributed by atoms with Crippen molar-refractivity contribution < 1.29 is 9.90 Å². The minimum Gasteiger partial charge on any atom is -0.507 e. The number of thioether (sulfide) groups is 1. The maximum absolute atomic E-state index is 12.1. The number of hydrogen-bond acceptors (Lipinski definition) is 3. The molecule has 0 aliphatic heterocycles. The summed E-state index contributed by atoms with van der Waals surface area (Å²) in [5, 5.41) is 15.2. The molecular weight excluding hydrogens is 270 g/mol. The molecule has 0 aromatic heterocycles. The van der Waals surface area contributed by atoms with Crippen molar-refractivity contribution in [3.63, 3.8) is 0 Å². The molecule has 106 valence electrons. The van der Waals surface area contributed by atoms with Crippen LogP contribution in [0.3, 0.4) is 0 Å². The first kappa shape index (κ1) is 14.7. The van der Waals surface area contributed by atoms with Crippen molar-refractivity contribution in [3.8, 4) is 5.75 Å². The van der Waals surface area contributed by atoms with Gasteiger partial charge in [0.1, 0.15) is 5.75 Å². The molecule has 3 nitrogen and oxygen atoms in total. The second-order valence-electron chi connectivity index (χ2n) is 4.81. The molecule has 2 N–H and O–H groups in total. The number of aromatic hydroxyl groups is 1. The normalized spacial score (nSPS) is 12.3. The lowest BCUT2D eigenvalue weighted by molar-refractivity contribution is 0.0951. The number of phenolic OH excluding ortho intramolecular Hbond substituents is 1. The van der Waals surface area contributed by atoms with E-state index in [4.69, 9.17) is 0 Å². The fourth-order valence-corrected chi connectivity index (χ4v) is 2.37. The summed E-state index contributed by atoms with van der Waals surface area (Å²) in [6.45, 7) is 2.75. The van der Waals surface area contributed by atoms with Crippen LogP contribution in [-0.2, 0) is 0 Å². The Kier molecular flexibility index (Phi) is 4.90. The molecule has 0 bridgehead atoms. The predicted octanol–water partition coefficient (Wildman–Crippen LogP) is 3.42. The molecule has 2 aromatic carbocycles. The molecule has 1 amide bonds. The van der Waals surface area contributed by atoms with Gasteiger partial charge in [-0.2, -0.15) is 11.8 Å². The zero-order valence-electron chi connectivity index (χ0n) is 11.7. The van der Waals surface area contributed by atoms with Gasteiger partial charge in [0.15, 0.2) is 0 Å². The fraction of sp³-hybridized carbons (Fsp3) is 0.312. The number of fused-ring (bicyclic) bond motifs is 1. The number of carbonyl (C=O) groups excluding carboxylic acids is 1. The van der Waals surface area contributed by atoms with Gasteiger partial charge in [-0.05, 0) is 35.6 Å². The Hall–Kier alpha value is -1.68. The van der Waals surface area contributed by atoms with Gasteiger partial charge < -0.3 is 10.4 Å². The summed E-state index contributed by atoms with van der Waals surface area (Å²) in [6.07, 6.45) is 2.98. The van der Waals surface area contributed by atoms with Gasteiger partial charge >= 0.3 is 0 Å². The minimum atomic E-state index is -0.221. The molecule has 4 heteroatoms. The zero-order valence-corrected chi connectivity index (χ0v) is 12.5. The number of benzene rings is 2. The zero-order chi connectivity index (χ0) is 14.5. The minimum absolute atomic E-state index is 0.0270. The highest BCUT2D eigenvalue weighted by atomic mass is 32.2.